The summed E-state index contributed by atoms with van der Waals surface area (Å²) in [6.07, 6.45) is 3.13. The predicted molar refractivity (Wildman–Crippen MR) is 131 cm³/mol. The highest BCUT2D eigenvalue weighted by molar-refractivity contribution is 5.98. The summed E-state index contributed by atoms with van der Waals surface area (Å²) in [6, 6.07) is 7.65. The number of carbonyl (C=O) groups excluding carboxylic acids is 1. The Kier molecular flexibility index (Phi) is 6.88. The quantitative estimate of drug-likeness (QED) is 0.562. The molecule has 1 aromatic carbocycles. The van der Waals surface area contributed by atoms with E-state index in [-0.39, 0.29) is 29.6 Å². The van der Waals surface area contributed by atoms with Crippen LogP contribution in [-0.4, -0.2) is 75.0 Å². The fourth-order valence-electron chi connectivity index (χ4n) is 5.18. The number of aliphatic hydroxyl groups excluding tert-OH is 1. The van der Waals surface area contributed by atoms with Crippen molar-refractivity contribution in [1.29, 1.82) is 0 Å². The Morgan fingerprint density at radius 3 is 2.78 bits per heavy atom. The van der Waals surface area contributed by atoms with Crippen LogP contribution in [0, 0.1) is 5.82 Å². The summed E-state index contributed by atoms with van der Waals surface area (Å²) in [4.78, 5) is 30.4. The van der Waals surface area contributed by atoms with Crippen LogP contribution < -0.4 is 10.3 Å². The molecule has 0 aliphatic carbocycles. The molecule has 2 aromatic heterocycles. The highest BCUT2D eigenvalue weighted by Crippen LogP contribution is 2.27. The Hall–Kier alpha value is -3.50. The third kappa shape index (κ3) is 4.78. The van der Waals surface area contributed by atoms with Gasteiger partial charge in [-0.15, -0.1) is 0 Å². The second kappa shape index (κ2) is 10.2. The number of piperidine rings is 1. The van der Waals surface area contributed by atoms with Crippen LogP contribution in [0.25, 0.3) is 11.3 Å². The standard InChI is InChI=1S/C26H30FN5O4/c1-36-22-13-23(34)32-12-11-30(15-18-14-28-29-25(18)17-4-6-19(27)7-5-17)10-8-21(32)24(22)26(35)31-9-2-3-20(33)16-31/h4-7,13-14,20,33H,2-3,8-12,15-16H2,1H3,(H,28,29). The summed E-state index contributed by atoms with van der Waals surface area (Å²) in [5, 5.41) is 17.3. The van der Waals surface area contributed by atoms with E-state index >= 15 is 0 Å². The van der Waals surface area contributed by atoms with Crippen LogP contribution in [0.4, 0.5) is 4.39 Å². The fourth-order valence-corrected chi connectivity index (χ4v) is 5.18. The van der Waals surface area contributed by atoms with Crippen molar-refractivity contribution in [3.63, 3.8) is 0 Å². The first-order valence-electron chi connectivity index (χ1n) is 12.2. The minimum Gasteiger partial charge on any atom is -0.496 e. The molecule has 4 heterocycles. The number of carbonyl (C=O) groups is 1. The van der Waals surface area contributed by atoms with Crippen LogP contribution in [0.2, 0.25) is 0 Å². The lowest BCUT2D eigenvalue weighted by Crippen LogP contribution is -2.43. The van der Waals surface area contributed by atoms with Gasteiger partial charge in [0.1, 0.15) is 17.1 Å². The zero-order valence-electron chi connectivity index (χ0n) is 20.2. The van der Waals surface area contributed by atoms with Crippen LogP contribution in [0.15, 0.2) is 41.3 Å². The van der Waals surface area contributed by atoms with Gasteiger partial charge < -0.3 is 19.3 Å². The summed E-state index contributed by atoms with van der Waals surface area (Å²) in [5.74, 6) is -0.232. The molecular weight excluding hydrogens is 465 g/mol. The Labute approximate surface area is 208 Å². The predicted octanol–water partition coefficient (Wildman–Crippen LogP) is 2.04. The SMILES string of the molecule is COc1cc(=O)n2c(c1C(=O)N1CCCC(O)C1)CCN(Cc1cn[nH]c1-c1ccc(F)cc1)CC2. The van der Waals surface area contributed by atoms with Crippen molar-refractivity contribution in [3.8, 4) is 17.0 Å². The van der Waals surface area contributed by atoms with Gasteiger partial charge >= 0.3 is 0 Å². The van der Waals surface area contributed by atoms with Crippen LogP contribution in [0.5, 0.6) is 5.75 Å². The largest absolute Gasteiger partial charge is 0.496 e. The second-order valence-corrected chi connectivity index (χ2v) is 9.37. The van der Waals surface area contributed by atoms with Crippen molar-refractivity contribution >= 4 is 5.91 Å². The average Bonchev–Trinajstić information content (AvgIpc) is 3.23. The monoisotopic (exact) mass is 495 g/mol. The molecular formula is C26H30FN5O4. The van der Waals surface area contributed by atoms with Crippen molar-refractivity contribution < 1.29 is 19.0 Å². The number of methoxy groups -OCH3 is 1. The molecule has 9 nitrogen and oxygen atoms in total. The van der Waals surface area contributed by atoms with Gasteiger partial charge in [-0.25, -0.2) is 4.39 Å². The summed E-state index contributed by atoms with van der Waals surface area (Å²) >= 11 is 0. The van der Waals surface area contributed by atoms with Gasteiger partial charge in [0.2, 0.25) is 0 Å². The molecule has 1 fully saturated rings. The average molecular weight is 496 g/mol. The molecule has 1 saturated heterocycles. The number of benzene rings is 1. The number of aliphatic hydroxyl groups is 1. The van der Waals surface area contributed by atoms with Gasteiger partial charge in [-0.2, -0.15) is 5.10 Å². The molecule has 0 bridgehead atoms. The van der Waals surface area contributed by atoms with E-state index < -0.39 is 6.10 Å². The van der Waals surface area contributed by atoms with Crippen LogP contribution in [0.3, 0.4) is 0 Å². The van der Waals surface area contributed by atoms with Crippen molar-refractivity contribution in [2.45, 2.75) is 38.5 Å². The number of hydrogen-bond acceptors (Lipinski definition) is 6. The number of amides is 1. The number of aromatic amines is 1. The highest BCUT2D eigenvalue weighted by Gasteiger charge is 2.30. The smallest absolute Gasteiger partial charge is 0.259 e. The number of nitrogens with zero attached hydrogens (tertiary/aromatic N) is 4. The van der Waals surface area contributed by atoms with E-state index in [1.807, 2.05) is 0 Å². The molecule has 1 unspecified atom stereocenters. The molecule has 0 radical (unpaired) electrons. The van der Waals surface area contributed by atoms with Gasteiger partial charge in [-0.1, -0.05) is 0 Å². The van der Waals surface area contributed by atoms with Crippen molar-refractivity contribution in [3.05, 3.63) is 69.5 Å². The van der Waals surface area contributed by atoms with Crippen LogP contribution >= 0.6 is 0 Å². The Morgan fingerprint density at radius 1 is 1.22 bits per heavy atom. The number of rotatable bonds is 5. The molecule has 1 amide bonds. The summed E-state index contributed by atoms with van der Waals surface area (Å²) < 4.78 is 20.5. The number of β-amino-alcohol motifs (C(OH)–C–C–N with tert-alkyl or cyclic N) is 1. The Bertz CT molecular complexity index is 1300. The molecule has 2 N–H and O–H groups in total. The Morgan fingerprint density at radius 2 is 2.03 bits per heavy atom. The van der Waals surface area contributed by atoms with Crippen LogP contribution in [-0.2, 0) is 19.5 Å². The molecule has 0 saturated carbocycles. The zero-order chi connectivity index (χ0) is 25.2. The van der Waals surface area contributed by atoms with Gasteiger partial charge in [0.05, 0.1) is 25.1 Å². The summed E-state index contributed by atoms with van der Waals surface area (Å²) in [6.45, 7) is 3.11. The lowest BCUT2D eigenvalue weighted by Gasteiger charge is -2.31. The number of fused-ring (bicyclic) bond motifs is 1. The number of likely N-dealkylation sites (tertiary alicyclic amines) is 1. The summed E-state index contributed by atoms with van der Waals surface area (Å²) in [5.41, 5.74) is 3.52. The first kappa shape index (κ1) is 24.2. The number of hydrogen-bond donors (Lipinski definition) is 2. The molecule has 2 aliphatic rings. The number of halogens is 1. The zero-order valence-corrected chi connectivity index (χ0v) is 20.2. The third-order valence-corrected chi connectivity index (χ3v) is 7.05. The lowest BCUT2D eigenvalue weighted by molar-refractivity contribution is 0.0469. The maximum atomic E-state index is 13.6. The van der Waals surface area contributed by atoms with Crippen molar-refractivity contribution in [2.24, 2.45) is 0 Å². The molecule has 10 heteroatoms. The van der Waals surface area contributed by atoms with Gasteiger partial charge in [-0.05, 0) is 37.1 Å². The van der Waals surface area contributed by atoms with Gasteiger partial charge in [-0.3, -0.25) is 19.6 Å². The molecule has 1 atom stereocenters. The van der Waals surface area contributed by atoms with Gasteiger partial charge in [0.25, 0.3) is 11.5 Å². The minimum absolute atomic E-state index is 0.200. The van der Waals surface area contributed by atoms with E-state index in [1.54, 1.807) is 27.8 Å². The second-order valence-electron chi connectivity index (χ2n) is 9.37. The third-order valence-electron chi connectivity index (χ3n) is 7.05. The van der Waals surface area contributed by atoms with Crippen molar-refractivity contribution in [1.82, 2.24) is 24.6 Å². The van der Waals surface area contributed by atoms with E-state index in [0.29, 0.717) is 56.8 Å². The van der Waals surface area contributed by atoms with Gasteiger partial charge in [0, 0.05) is 68.6 Å². The summed E-state index contributed by atoms with van der Waals surface area (Å²) in [7, 11) is 1.46. The fraction of sp³-hybridized carbons (Fsp3) is 0.423. The maximum absolute atomic E-state index is 13.6. The van der Waals surface area contributed by atoms with E-state index in [0.717, 1.165) is 23.2 Å². The lowest BCUT2D eigenvalue weighted by atomic mass is 10.0. The number of pyridine rings is 1. The number of aromatic nitrogens is 3. The van der Waals surface area contributed by atoms with E-state index in [4.69, 9.17) is 4.74 Å². The molecule has 0 spiro atoms. The van der Waals surface area contributed by atoms with E-state index in [2.05, 4.69) is 15.1 Å². The Balaban J connectivity index is 1.40. The normalized spacial score (nSPS) is 18.5. The number of H-pyrrole nitrogens is 1. The number of nitrogens with one attached hydrogen (secondary N) is 1. The van der Waals surface area contributed by atoms with Crippen LogP contribution in [0.1, 0.15) is 34.5 Å². The van der Waals surface area contributed by atoms with E-state index in [1.165, 1.54) is 25.3 Å². The molecule has 2 aliphatic heterocycles. The molecule has 36 heavy (non-hydrogen) atoms. The molecule has 5 rings (SSSR count). The van der Waals surface area contributed by atoms with Crippen molar-refractivity contribution in [2.75, 3.05) is 33.3 Å². The molecule has 190 valence electrons. The number of ether oxygens (including phenoxy) is 1. The molecule has 3 aromatic rings. The topological polar surface area (TPSA) is 104 Å². The van der Waals surface area contributed by atoms with E-state index in [9.17, 15) is 19.1 Å². The highest BCUT2D eigenvalue weighted by atomic mass is 19.1. The maximum Gasteiger partial charge on any atom is 0.259 e. The van der Waals surface area contributed by atoms with Gasteiger partial charge in [0.15, 0.2) is 0 Å². The first-order chi connectivity index (χ1) is 17.4. The first-order valence-corrected chi connectivity index (χ1v) is 12.2. The minimum atomic E-state index is -0.542.